The third kappa shape index (κ3) is 3.64. The topological polar surface area (TPSA) is 103 Å². The van der Waals surface area contributed by atoms with Crippen LogP contribution >= 0.6 is 0 Å². The number of carbonyl (C=O) groups is 1. The number of nitriles is 1. The molecule has 1 atom stereocenters. The second-order valence-electron chi connectivity index (χ2n) is 7.90. The van der Waals surface area contributed by atoms with Crippen LogP contribution in [-0.2, 0) is 7.05 Å². The van der Waals surface area contributed by atoms with Crippen LogP contribution in [0, 0.1) is 11.3 Å². The monoisotopic (exact) mass is 434 g/mol. The van der Waals surface area contributed by atoms with E-state index in [1.54, 1.807) is 24.1 Å². The lowest BCUT2D eigenvalue weighted by molar-refractivity contribution is -0.181. The van der Waals surface area contributed by atoms with E-state index in [1.807, 2.05) is 11.0 Å². The Morgan fingerprint density at radius 2 is 2.00 bits per heavy atom. The zero-order valence-electron chi connectivity index (χ0n) is 17.0. The van der Waals surface area contributed by atoms with E-state index in [0.717, 1.165) is 11.8 Å². The van der Waals surface area contributed by atoms with Crippen molar-refractivity contribution in [2.24, 2.45) is 7.05 Å². The fourth-order valence-corrected chi connectivity index (χ4v) is 4.29. The molecule has 164 valence electrons. The lowest BCUT2D eigenvalue weighted by Crippen LogP contribution is -2.60. The van der Waals surface area contributed by atoms with E-state index < -0.39 is 23.8 Å². The smallest absolute Gasteiger partial charge is 0.355 e. The molecule has 2 amide bonds. The molecule has 0 aromatic carbocycles. The SMILES string of the molecule is CC(N1C(=O)NCC12CCN(c1cnc(C#N)c(-c3cnn(C)c3)n1)CC2)C(F)(F)F. The first kappa shape index (κ1) is 20.9. The molecule has 1 spiro atoms. The summed E-state index contributed by atoms with van der Waals surface area (Å²) in [4.78, 5) is 23.9. The normalized spacial score (nSPS) is 19.4. The van der Waals surface area contributed by atoms with Gasteiger partial charge in [-0.25, -0.2) is 14.8 Å². The highest BCUT2D eigenvalue weighted by Crippen LogP contribution is 2.39. The minimum Gasteiger partial charge on any atom is -0.355 e. The minimum atomic E-state index is -4.50. The van der Waals surface area contributed by atoms with E-state index in [4.69, 9.17) is 0 Å². The number of anilines is 1. The Hall–Kier alpha value is -3.36. The first-order chi connectivity index (χ1) is 14.6. The summed E-state index contributed by atoms with van der Waals surface area (Å²) in [6, 6.07) is -0.530. The fourth-order valence-electron chi connectivity index (χ4n) is 4.29. The number of piperidine rings is 1. The van der Waals surface area contributed by atoms with E-state index >= 15 is 0 Å². The van der Waals surface area contributed by atoms with Crippen molar-refractivity contribution < 1.29 is 18.0 Å². The first-order valence-corrected chi connectivity index (χ1v) is 9.80. The number of aromatic nitrogens is 4. The molecule has 2 aromatic rings. The van der Waals surface area contributed by atoms with Gasteiger partial charge in [0.1, 0.15) is 23.6 Å². The molecule has 12 heteroatoms. The highest BCUT2D eigenvalue weighted by atomic mass is 19.4. The number of urea groups is 1. The molecule has 0 aliphatic carbocycles. The fraction of sp³-hybridized carbons (Fsp3) is 0.526. The summed E-state index contributed by atoms with van der Waals surface area (Å²) >= 11 is 0. The van der Waals surface area contributed by atoms with Gasteiger partial charge in [-0.15, -0.1) is 0 Å². The standard InChI is InChI=1S/C19H21F3N8O/c1-12(19(20,21)22)30-17(31)25-11-18(30)3-5-29(6-4-18)15-9-24-14(7-23)16(27-15)13-8-26-28(2)10-13/h8-10,12H,3-6,11H2,1-2H3,(H,25,31). The van der Waals surface area contributed by atoms with Crippen LogP contribution in [-0.4, -0.2) is 68.1 Å². The van der Waals surface area contributed by atoms with Crippen molar-refractivity contribution in [2.45, 2.75) is 37.5 Å². The summed E-state index contributed by atoms with van der Waals surface area (Å²) in [5.74, 6) is 0.528. The summed E-state index contributed by atoms with van der Waals surface area (Å²) in [7, 11) is 1.75. The molecule has 1 N–H and O–H groups in total. The number of rotatable bonds is 3. The van der Waals surface area contributed by atoms with Crippen LogP contribution in [0.4, 0.5) is 23.8 Å². The van der Waals surface area contributed by atoms with E-state index in [1.165, 1.54) is 6.20 Å². The number of hydrogen-bond acceptors (Lipinski definition) is 6. The Morgan fingerprint density at radius 1 is 1.29 bits per heavy atom. The Bertz CT molecular complexity index is 1040. The van der Waals surface area contributed by atoms with Crippen LogP contribution in [0.15, 0.2) is 18.6 Å². The van der Waals surface area contributed by atoms with Crippen molar-refractivity contribution in [2.75, 3.05) is 24.5 Å². The quantitative estimate of drug-likeness (QED) is 0.793. The van der Waals surface area contributed by atoms with Crippen LogP contribution in [0.3, 0.4) is 0 Å². The zero-order valence-corrected chi connectivity index (χ0v) is 17.0. The van der Waals surface area contributed by atoms with Crippen molar-refractivity contribution >= 4 is 11.8 Å². The Kier molecular flexibility index (Phi) is 4.99. The van der Waals surface area contributed by atoms with Gasteiger partial charge in [-0.2, -0.15) is 23.5 Å². The number of carbonyl (C=O) groups excluding carboxylic acids is 1. The number of hydrogen-bond donors (Lipinski definition) is 1. The predicted molar refractivity (Wildman–Crippen MR) is 104 cm³/mol. The van der Waals surface area contributed by atoms with Crippen molar-refractivity contribution in [3.05, 3.63) is 24.3 Å². The number of aryl methyl sites for hydroxylation is 1. The highest BCUT2D eigenvalue weighted by molar-refractivity contribution is 5.78. The highest BCUT2D eigenvalue weighted by Gasteiger charge is 2.55. The molecule has 0 radical (unpaired) electrons. The van der Waals surface area contributed by atoms with Crippen LogP contribution < -0.4 is 10.2 Å². The van der Waals surface area contributed by atoms with Gasteiger partial charge in [-0.3, -0.25) is 4.68 Å². The van der Waals surface area contributed by atoms with Gasteiger partial charge in [0.05, 0.1) is 17.9 Å². The molecule has 31 heavy (non-hydrogen) atoms. The molecule has 0 saturated carbocycles. The molecule has 4 rings (SSSR count). The molecule has 2 fully saturated rings. The van der Waals surface area contributed by atoms with Crippen LogP contribution in [0.25, 0.3) is 11.3 Å². The Balaban J connectivity index is 1.57. The molecular formula is C19H21F3N8O. The van der Waals surface area contributed by atoms with Gasteiger partial charge < -0.3 is 15.1 Å². The van der Waals surface area contributed by atoms with Crippen molar-refractivity contribution in [1.82, 2.24) is 30.0 Å². The molecule has 2 aromatic heterocycles. The molecular weight excluding hydrogens is 413 g/mol. The van der Waals surface area contributed by atoms with Crippen molar-refractivity contribution in [1.29, 1.82) is 5.26 Å². The van der Waals surface area contributed by atoms with Crippen LogP contribution in [0.2, 0.25) is 0 Å². The molecule has 2 aliphatic heterocycles. The summed E-state index contributed by atoms with van der Waals surface area (Å²) in [5, 5.41) is 16.1. The zero-order chi connectivity index (χ0) is 22.4. The average molecular weight is 434 g/mol. The molecule has 9 nitrogen and oxygen atoms in total. The third-order valence-electron chi connectivity index (χ3n) is 6.02. The van der Waals surface area contributed by atoms with E-state index in [-0.39, 0.29) is 12.2 Å². The van der Waals surface area contributed by atoms with Crippen molar-refractivity contribution in [3.63, 3.8) is 0 Å². The second-order valence-corrected chi connectivity index (χ2v) is 7.90. The molecule has 0 bridgehead atoms. The number of halogens is 3. The van der Waals surface area contributed by atoms with Gasteiger partial charge in [-0.05, 0) is 19.8 Å². The molecule has 1 unspecified atom stereocenters. The largest absolute Gasteiger partial charge is 0.408 e. The number of alkyl halides is 3. The first-order valence-electron chi connectivity index (χ1n) is 9.80. The third-order valence-corrected chi connectivity index (χ3v) is 6.02. The minimum absolute atomic E-state index is 0.168. The summed E-state index contributed by atoms with van der Waals surface area (Å²) in [6.07, 6.45) is 1.03. The summed E-state index contributed by atoms with van der Waals surface area (Å²) in [6.45, 7) is 2.01. The number of nitrogens with zero attached hydrogens (tertiary/aromatic N) is 7. The van der Waals surface area contributed by atoms with Crippen LogP contribution in [0.1, 0.15) is 25.5 Å². The van der Waals surface area contributed by atoms with Gasteiger partial charge in [0.15, 0.2) is 5.69 Å². The number of amides is 2. The van der Waals surface area contributed by atoms with Crippen LogP contribution in [0.5, 0.6) is 0 Å². The maximum atomic E-state index is 13.3. The lowest BCUT2D eigenvalue weighted by Gasteiger charge is -2.46. The summed E-state index contributed by atoms with van der Waals surface area (Å²) < 4.78 is 41.6. The Morgan fingerprint density at radius 3 is 2.58 bits per heavy atom. The maximum Gasteiger partial charge on any atom is 0.408 e. The van der Waals surface area contributed by atoms with Gasteiger partial charge in [0.2, 0.25) is 0 Å². The number of nitrogens with one attached hydrogen (secondary N) is 1. The van der Waals surface area contributed by atoms with Gasteiger partial charge in [0, 0.05) is 38.4 Å². The average Bonchev–Trinajstić information content (AvgIpc) is 3.30. The van der Waals surface area contributed by atoms with Gasteiger partial charge >= 0.3 is 12.2 Å². The maximum absolute atomic E-state index is 13.3. The van der Waals surface area contributed by atoms with E-state index in [0.29, 0.717) is 43.0 Å². The van der Waals surface area contributed by atoms with Gasteiger partial charge in [0.25, 0.3) is 0 Å². The van der Waals surface area contributed by atoms with E-state index in [2.05, 4.69) is 20.4 Å². The molecule has 4 heterocycles. The lowest BCUT2D eigenvalue weighted by atomic mass is 9.86. The van der Waals surface area contributed by atoms with Crippen molar-refractivity contribution in [3.8, 4) is 17.3 Å². The Labute approximate surface area is 176 Å². The van der Waals surface area contributed by atoms with E-state index in [9.17, 15) is 23.2 Å². The summed E-state index contributed by atoms with van der Waals surface area (Å²) in [5.41, 5.74) is 0.325. The molecule has 2 aliphatic rings. The molecule has 2 saturated heterocycles. The predicted octanol–water partition coefficient (Wildman–Crippen LogP) is 2.06. The second kappa shape index (κ2) is 7.40. The van der Waals surface area contributed by atoms with Gasteiger partial charge in [-0.1, -0.05) is 0 Å².